The molecule has 4 N–H and O–H groups in total. The first-order valence-electron chi connectivity index (χ1n) is 8.07. The molecule has 6 heteroatoms. The summed E-state index contributed by atoms with van der Waals surface area (Å²) in [5.41, 5.74) is 5.89. The van der Waals surface area contributed by atoms with Gasteiger partial charge in [0.05, 0.1) is 22.8 Å². The van der Waals surface area contributed by atoms with Crippen molar-refractivity contribution < 1.29 is 17.1 Å². The van der Waals surface area contributed by atoms with Gasteiger partial charge in [0.15, 0.2) is 0 Å². The molecule has 8 bridgehead atoms. The third kappa shape index (κ3) is 3.08. The Hall–Kier alpha value is -3.08. The predicted octanol–water partition coefficient (Wildman–Crippen LogP) is 1.81. The molecule has 0 radical (unpaired) electrons. The first kappa shape index (κ1) is 16.4. The number of H-pyrrole nitrogens is 2. The summed E-state index contributed by atoms with van der Waals surface area (Å²) in [6.07, 6.45) is 13.8. The van der Waals surface area contributed by atoms with Crippen molar-refractivity contribution in [3.05, 3.63) is 81.7 Å². The van der Waals surface area contributed by atoms with Gasteiger partial charge in [0, 0.05) is 44.9 Å². The zero-order chi connectivity index (χ0) is 16.8. The van der Waals surface area contributed by atoms with Crippen molar-refractivity contribution in [1.29, 1.82) is 5.41 Å². The number of aliphatic imine (C=N–C) groups is 1. The number of aromatic amines is 2. The van der Waals surface area contributed by atoms with E-state index in [2.05, 4.69) is 20.3 Å². The number of nitrogens with one attached hydrogen (secondary N) is 4. The van der Waals surface area contributed by atoms with Crippen LogP contribution in [-0.2, 0) is 17.1 Å². The zero-order valence-corrected chi connectivity index (χ0v) is 14.8. The number of hydrogen-bond donors (Lipinski definition) is 4. The smallest absolute Gasteiger partial charge is 0.0796 e. The van der Waals surface area contributed by atoms with Crippen LogP contribution in [0.5, 0.6) is 0 Å². The second kappa shape index (κ2) is 6.33. The van der Waals surface area contributed by atoms with Crippen LogP contribution in [0.25, 0.3) is 24.3 Å². The Bertz CT molecular complexity index is 1180. The van der Waals surface area contributed by atoms with E-state index in [9.17, 15) is 0 Å². The van der Waals surface area contributed by atoms with E-state index in [0.29, 0.717) is 5.71 Å². The second-order valence-electron chi connectivity index (χ2n) is 6.16. The van der Waals surface area contributed by atoms with E-state index in [1.165, 1.54) is 0 Å². The predicted molar refractivity (Wildman–Crippen MR) is 101 cm³/mol. The maximum absolute atomic E-state index is 8.16. The third-order valence-corrected chi connectivity index (χ3v) is 4.23. The summed E-state index contributed by atoms with van der Waals surface area (Å²) in [6, 6.07) is 8.06. The van der Waals surface area contributed by atoms with E-state index >= 15 is 0 Å². The van der Waals surface area contributed by atoms with Gasteiger partial charge in [-0.3, -0.25) is 5.41 Å². The van der Waals surface area contributed by atoms with Crippen LogP contribution in [-0.4, -0.2) is 21.4 Å². The average Bonchev–Trinajstić information content (AvgIpc) is 3.33. The quantitative estimate of drug-likeness (QED) is 0.516. The van der Waals surface area contributed by atoms with E-state index in [-0.39, 0.29) is 17.1 Å². The third-order valence-electron chi connectivity index (χ3n) is 4.23. The maximum Gasteiger partial charge on any atom is 0.0796 e. The van der Waals surface area contributed by atoms with Crippen molar-refractivity contribution in [3.8, 4) is 0 Å². The number of fused-ring (bicyclic) bond motifs is 7. The molecule has 0 saturated heterocycles. The summed E-state index contributed by atoms with van der Waals surface area (Å²) >= 11 is 0. The standard InChI is InChI=1S/C20H15N5.Fe/c21-19-10-18-9-16-4-3-14(23-16)7-12-1-2-13(22-12)8-15-5-6-17(24-15)11-20(19)25-18;/h1-11,21,23-25H;. The van der Waals surface area contributed by atoms with E-state index < -0.39 is 0 Å². The SMILES string of the molecule is N=C1C=C2C=c3ccc([nH]3)=CC3=NC(=Cc4ccc([nH]4)C=C1N2)C=C3.[Fe]. The minimum Gasteiger partial charge on any atom is -0.355 e. The first-order chi connectivity index (χ1) is 12.2. The van der Waals surface area contributed by atoms with Gasteiger partial charge in [0.1, 0.15) is 0 Å². The molecule has 0 amide bonds. The van der Waals surface area contributed by atoms with Crippen molar-refractivity contribution in [2.75, 3.05) is 0 Å². The molecule has 0 atom stereocenters. The van der Waals surface area contributed by atoms with E-state index in [0.717, 1.165) is 44.9 Å². The van der Waals surface area contributed by atoms with Gasteiger partial charge in [-0.2, -0.15) is 0 Å². The largest absolute Gasteiger partial charge is 0.355 e. The Morgan fingerprint density at radius 3 is 2.38 bits per heavy atom. The van der Waals surface area contributed by atoms with Crippen LogP contribution in [0.3, 0.4) is 0 Å². The Morgan fingerprint density at radius 2 is 1.54 bits per heavy atom. The molecule has 128 valence electrons. The van der Waals surface area contributed by atoms with Crippen molar-refractivity contribution in [2.24, 2.45) is 4.99 Å². The van der Waals surface area contributed by atoms with Crippen molar-refractivity contribution in [1.82, 2.24) is 15.3 Å². The molecule has 0 unspecified atom stereocenters. The monoisotopic (exact) mass is 381 g/mol. The van der Waals surface area contributed by atoms with Gasteiger partial charge in [-0.15, -0.1) is 0 Å². The van der Waals surface area contributed by atoms with Gasteiger partial charge < -0.3 is 15.3 Å². The maximum atomic E-state index is 8.16. The van der Waals surface area contributed by atoms with E-state index in [4.69, 9.17) is 5.41 Å². The summed E-state index contributed by atoms with van der Waals surface area (Å²) in [6.45, 7) is 0. The Kier molecular flexibility index (Phi) is 3.99. The van der Waals surface area contributed by atoms with Crippen molar-refractivity contribution >= 4 is 35.7 Å². The molecule has 5 nitrogen and oxygen atoms in total. The van der Waals surface area contributed by atoms with Gasteiger partial charge >= 0.3 is 0 Å². The molecule has 2 aromatic heterocycles. The molecule has 0 spiro atoms. The minimum atomic E-state index is 0. The fourth-order valence-electron chi connectivity index (χ4n) is 3.08. The van der Waals surface area contributed by atoms with Crippen LogP contribution in [0, 0.1) is 5.41 Å². The molecule has 0 saturated carbocycles. The molecule has 3 aliphatic heterocycles. The molecule has 0 aliphatic carbocycles. The molecule has 3 aliphatic rings. The summed E-state index contributed by atoms with van der Waals surface area (Å²) in [4.78, 5) is 11.3. The van der Waals surface area contributed by atoms with Crippen molar-refractivity contribution in [3.63, 3.8) is 0 Å². The number of rotatable bonds is 0. The van der Waals surface area contributed by atoms with Gasteiger partial charge in [0.2, 0.25) is 0 Å². The fourth-order valence-corrected chi connectivity index (χ4v) is 3.08. The van der Waals surface area contributed by atoms with Crippen molar-refractivity contribution in [2.45, 2.75) is 0 Å². The summed E-state index contributed by atoms with van der Waals surface area (Å²) in [5.74, 6) is 0. The van der Waals surface area contributed by atoms with Gasteiger partial charge in [-0.1, -0.05) is 0 Å². The van der Waals surface area contributed by atoms with Crippen LogP contribution < -0.4 is 16.0 Å². The normalized spacial score (nSPS) is 17.2. The molecule has 26 heavy (non-hydrogen) atoms. The van der Waals surface area contributed by atoms with Crippen LogP contribution in [0.1, 0.15) is 11.4 Å². The van der Waals surface area contributed by atoms with Gasteiger partial charge in [0.25, 0.3) is 0 Å². The first-order valence-corrected chi connectivity index (χ1v) is 8.07. The summed E-state index contributed by atoms with van der Waals surface area (Å²) in [7, 11) is 0. The second-order valence-corrected chi connectivity index (χ2v) is 6.16. The number of hydrogen-bond acceptors (Lipinski definition) is 3. The van der Waals surface area contributed by atoms with Gasteiger partial charge in [-0.05, 0) is 66.8 Å². The minimum absolute atomic E-state index is 0. The molecule has 5 heterocycles. The molecular weight excluding hydrogens is 366 g/mol. The Morgan fingerprint density at radius 1 is 0.769 bits per heavy atom. The molecule has 2 aromatic rings. The van der Waals surface area contributed by atoms with E-state index in [1.807, 2.05) is 66.8 Å². The molecule has 0 aromatic carbocycles. The fraction of sp³-hybridized carbons (Fsp3) is 0. The molecule has 5 rings (SSSR count). The zero-order valence-electron chi connectivity index (χ0n) is 13.7. The Balaban J connectivity index is 0.00000168. The van der Waals surface area contributed by atoms with Crippen LogP contribution in [0.4, 0.5) is 0 Å². The summed E-state index contributed by atoms with van der Waals surface area (Å²) in [5, 5.41) is 13.4. The van der Waals surface area contributed by atoms with E-state index in [1.54, 1.807) is 0 Å². The Labute approximate surface area is 160 Å². The van der Waals surface area contributed by atoms with Gasteiger partial charge in [-0.25, -0.2) is 4.99 Å². The van der Waals surface area contributed by atoms with Crippen LogP contribution in [0.2, 0.25) is 0 Å². The topological polar surface area (TPSA) is 79.8 Å². The average molecular weight is 381 g/mol. The molecular formula is C20H15FeN5. The number of aromatic nitrogens is 2. The molecule has 0 fully saturated rings. The number of allylic oxidation sites excluding steroid dienone is 4. The number of nitrogens with zero attached hydrogens (tertiary/aromatic N) is 1. The van der Waals surface area contributed by atoms with Crippen LogP contribution >= 0.6 is 0 Å². The summed E-state index contributed by atoms with van der Waals surface area (Å²) < 4.78 is 0. The van der Waals surface area contributed by atoms with Crippen LogP contribution in [0.15, 0.2) is 64.6 Å².